The fourth-order valence-corrected chi connectivity index (χ4v) is 3.63. The van der Waals surface area contributed by atoms with Crippen LogP contribution in [0.2, 0.25) is 0 Å². The van der Waals surface area contributed by atoms with Gasteiger partial charge in [-0.15, -0.1) is 0 Å². The second kappa shape index (κ2) is 6.67. The number of urea groups is 1. The minimum Gasteiger partial charge on any atom is -0.481 e. The number of hydrogen-bond acceptors (Lipinski definition) is 2. The van der Waals surface area contributed by atoms with Crippen LogP contribution in [0.4, 0.5) is 4.79 Å². The molecule has 0 aromatic carbocycles. The topological polar surface area (TPSA) is 69.6 Å². The van der Waals surface area contributed by atoms with Crippen LogP contribution in [-0.4, -0.2) is 41.6 Å². The van der Waals surface area contributed by atoms with Crippen molar-refractivity contribution in [3.8, 4) is 0 Å². The molecule has 2 rings (SSSR count). The van der Waals surface area contributed by atoms with Gasteiger partial charge in [0.1, 0.15) is 0 Å². The maximum atomic E-state index is 12.2. The average molecular weight is 296 g/mol. The van der Waals surface area contributed by atoms with Gasteiger partial charge in [-0.25, -0.2) is 4.79 Å². The first-order valence-electron chi connectivity index (χ1n) is 8.22. The highest BCUT2D eigenvalue weighted by atomic mass is 16.4. The molecular weight excluding hydrogens is 268 g/mol. The van der Waals surface area contributed by atoms with Gasteiger partial charge in [0.25, 0.3) is 0 Å². The number of nitrogens with one attached hydrogen (secondary N) is 1. The summed E-state index contributed by atoms with van der Waals surface area (Å²) in [5.74, 6) is -0.147. The van der Waals surface area contributed by atoms with Crippen LogP contribution in [0.5, 0.6) is 0 Å². The zero-order valence-corrected chi connectivity index (χ0v) is 13.2. The van der Waals surface area contributed by atoms with Gasteiger partial charge in [-0.05, 0) is 31.1 Å². The molecule has 1 unspecified atom stereocenters. The van der Waals surface area contributed by atoms with Crippen molar-refractivity contribution in [3.63, 3.8) is 0 Å². The van der Waals surface area contributed by atoms with E-state index in [2.05, 4.69) is 5.32 Å². The number of carboxylic acids is 1. The highest BCUT2D eigenvalue weighted by molar-refractivity contribution is 5.80. The number of carbonyl (C=O) groups is 2. The molecule has 1 saturated heterocycles. The summed E-state index contributed by atoms with van der Waals surface area (Å²) in [7, 11) is 0. The summed E-state index contributed by atoms with van der Waals surface area (Å²) in [6.07, 6.45) is 6.79. The van der Waals surface area contributed by atoms with Gasteiger partial charge < -0.3 is 15.3 Å². The summed E-state index contributed by atoms with van der Waals surface area (Å²) >= 11 is 0. The lowest BCUT2D eigenvalue weighted by atomic mass is 9.76. The maximum Gasteiger partial charge on any atom is 0.317 e. The molecule has 1 aliphatic carbocycles. The Morgan fingerprint density at radius 1 is 1.29 bits per heavy atom. The highest BCUT2D eigenvalue weighted by Gasteiger charge is 2.48. The minimum absolute atomic E-state index is 0.0335. The lowest BCUT2D eigenvalue weighted by molar-refractivity contribution is -0.150. The van der Waals surface area contributed by atoms with Crippen LogP contribution in [0.15, 0.2) is 0 Å². The predicted octanol–water partition coefficient (Wildman–Crippen LogP) is 2.71. The van der Waals surface area contributed by atoms with Crippen LogP contribution in [0.1, 0.15) is 52.4 Å². The van der Waals surface area contributed by atoms with Gasteiger partial charge in [0, 0.05) is 19.6 Å². The van der Waals surface area contributed by atoms with Crippen molar-refractivity contribution < 1.29 is 14.7 Å². The van der Waals surface area contributed by atoms with E-state index >= 15 is 0 Å². The van der Waals surface area contributed by atoms with Crippen LogP contribution >= 0.6 is 0 Å². The van der Waals surface area contributed by atoms with Crippen molar-refractivity contribution in [2.24, 2.45) is 17.3 Å². The molecule has 0 aromatic heterocycles. The molecule has 1 saturated carbocycles. The van der Waals surface area contributed by atoms with E-state index in [0.29, 0.717) is 25.4 Å². The van der Waals surface area contributed by atoms with Crippen molar-refractivity contribution >= 4 is 12.0 Å². The molecule has 1 aliphatic heterocycles. The van der Waals surface area contributed by atoms with Crippen molar-refractivity contribution in [1.29, 1.82) is 0 Å². The Labute approximate surface area is 127 Å². The van der Waals surface area contributed by atoms with E-state index in [0.717, 1.165) is 6.54 Å². The third-order valence-electron chi connectivity index (χ3n) is 5.39. The SMILES string of the molecule is CC(C)C1(C(=O)O)CCN(C(=O)NCC2CCCCC2)C1. The molecule has 5 heteroatoms. The number of amides is 2. The summed E-state index contributed by atoms with van der Waals surface area (Å²) in [6, 6.07) is -0.0932. The molecule has 1 atom stereocenters. The second-order valence-electron chi connectivity index (χ2n) is 6.98. The number of likely N-dealkylation sites (tertiary alicyclic amines) is 1. The van der Waals surface area contributed by atoms with E-state index in [1.165, 1.54) is 32.1 Å². The summed E-state index contributed by atoms with van der Waals surface area (Å²) in [6.45, 7) is 5.46. The Bertz CT molecular complexity index is 391. The van der Waals surface area contributed by atoms with Crippen molar-refractivity contribution in [2.75, 3.05) is 19.6 Å². The van der Waals surface area contributed by atoms with Crippen LogP contribution in [-0.2, 0) is 4.79 Å². The molecule has 2 aliphatic rings. The minimum atomic E-state index is -0.778. The molecule has 2 amide bonds. The standard InChI is InChI=1S/C16H28N2O3/c1-12(2)16(14(19)20)8-9-18(11-16)15(21)17-10-13-6-4-3-5-7-13/h12-13H,3-11H2,1-2H3,(H,17,21)(H,19,20). The molecule has 2 fully saturated rings. The van der Waals surface area contributed by atoms with E-state index in [1.807, 2.05) is 13.8 Å². The van der Waals surface area contributed by atoms with Crippen molar-refractivity contribution in [2.45, 2.75) is 52.4 Å². The van der Waals surface area contributed by atoms with Crippen LogP contribution in [0.25, 0.3) is 0 Å². The van der Waals surface area contributed by atoms with E-state index in [4.69, 9.17) is 0 Å². The van der Waals surface area contributed by atoms with Crippen molar-refractivity contribution in [1.82, 2.24) is 10.2 Å². The van der Waals surface area contributed by atoms with Gasteiger partial charge in [-0.1, -0.05) is 33.1 Å². The highest BCUT2D eigenvalue weighted by Crippen LogP contribution is 2.38. The molecule has 120 valence electrons. The van der Waals surface area contributed by atoms with Gasteiger partial charge in [0.15, 0.2) is 0 Å². The third kappa shape index (κ3) is 3.50. The number of carboxylic acid groups (broad SMARTS) is 1. The zero-order chi connectivity index (χ0) is 15.5. The number of aliphatic carboxylic acids is 1. The van der Waals surface area contributed by atoms with Gasteiger partial charge in [-0.2, -0.15) is 0 Å². The summed E-state index contributed by atoms with van der Waals surface area (Å²) in [4.78, 5) is 25.5. The summed E-state index contributed by atoms with van der Waals surface area (Å²) in [5, 5.41) is 12.5. The lowest BCUT2D eigenvalue weighted by Gasteiger charge is -2.29. The smallest absolute Gasteiger partial charge is 0.317 e. The maximum absolute atomic E-state index is 12.2. The largest absolute Gasteiger partial charge is 0.481 e. The molecule has 0 spiro atoms. The molecule has 5 nitrogen and oxygen atoms in total. The van der Waals surface area contributed by atoms with Gasteiger partial charge in [0.2, 0.25) is 0 Å². The Morgan fingerprint density at radius 2 is 1.95 bits per heavy atom. The zero-order valence-electron chi connectivity index (χ0n) is 13.2. The Hall–Kier alpha value is -1.26. The van der Waals surface area contributed by atoms with Crippen LogP contribution in [0.3, 0.4) is 0 Å². The predicted molar refractivity (Wildman–Crippen MR) is 81.1 cm³/mol. The van der Waals surface area contributed by atoms with Gasteiger partial charge in [-0.3, -0.25) is 4.79 Å². The Kier molecular flexibility index (Phi) is 5.12. The average Bonchev–Trinajstić information content (AvgIpc) is 2.92. The molecule has 1 heterocycles. The molecule has 21 heavy (non-hydrogen) atoms. The van der Waals surface area contributed by atoms with E-state index in [1.54, 1.807) is 4.90 Å². The first-order valence-corrected chi connectivity index (χ1v) is 8.22. The van der Waals surface area contributed by atoms with Crippen LogP contribution < -0.4 is 5.32 Å². The summed E-state index contributed by atoms with van der Waals surface area (Å²) < 4.78 is 0. The van der Waals surface area contributed by atoms with Gasteiger partial charge >= 0.3 is 12.0 Å². The Balaban J connectivity index is 1.85. The second-order valence-corrected chi connectivity index (χ2v) is 6.98. The number of carbonyl (C=O) groups excluding carboxylic acids is 1. The molecule has 0 bridgehead atoms. The number of nitrogens with zero attached hydrogens (tertiary/aromatic N) is 1. The normalized spacial score (nSPS) is 27.1. The van der Waals surface area contributed by atoms with E-state index in [-0.39, 0.29) is 11.9 Å². The Morgan fingerprint density at radius 3 is 2.48 bits per heavy atom. The van der Waals surface area contributed by atoms with E-state index < -0.39 is 11.4 Å². The fraction of sp³-hybridized carbons (Fsp3) is 0.875. The van der Waals surface area contributed by atoms with Crippen LogP contribution in [0, 0.1) is 17.3 Å². The lowest BCUT2D eigenvalue weighted by Crippen LogP contribution is -2.44. The molecule has 0 radical (unpaired) electrons. The fourth-order valence-electron chi connectivity index (χ4n) is 3.63. The summed E-state index contributed by atoms with van der Waals surface area (Å²) in [5.41, 5.74) is -0.776. The first kappa shape index (κ1) is 16.1. The first-order chi connectivity index (χ1) is 9.95. The molecule has 0 aromatic rings. The van der Waals surface area contributed by atoms with Crippen molar-refractivity contribution in [3.05, 3.63) is 0 Å². The molecular formula is C16H28N2O3. The number of rotatable bonds is 4. The van der Waals surface area contributed by atoms with E-state index in [9.17, 15) is 14.7 Å². The molecule has 2 N–H and O–H groups in total. The quantitative estimate of drug-likeness (QED) is 0.838. The van der Waals surface area contributed by atoms with Gasteiger partial charge in [0.05, 0.1) is 5.41 Å². The third-order valence-corrected chi connectivity index (χ3v) is 5.39. The number of hydrogen-bond donors (Lipinski definition) is 2. The monoisotopic (exact) mass is 296 g/mol.